The molecule has 0 bridgehead atoms. The summed E-state index contributed by atoms with van der Waals surface area (Å²) < 4.78 is 20.3. The van der Waals surface area contributed by atoms with Gasteiger partial charge in [-0.05, 0) is 44.2 Å². The molecule has 4 rings (SSSR count). The third kappa shape index (κ3) is 3.05. The van der Waals surface area contributed by atoms with E-state index in [1.54, 1.807) is 55.2 Å². The molecule has 2 aromatic carbocycles. The molecule has 0 fully saturated rings. The van der Waals surface area contributed by atoms with E-state index in [1.807, 2.05) is 0 Å². The number of nitro groups is 1. The zero-order valence-electron chi connectivity index (χ0n) is 15.1. The van der Waals surface area contributed by atoms with Gasteiger partial charge in [0.1, 0.15) is 17.3 Å². The molecule has 0 N–H and O–H groups in total. The topological polar surface area (TPSA) is 87.0 Å². The lowest BCUT2D eigenvalue weighted by atomic mass is 10.0. The molecule has 0 atom stereocenters. The van der Waals surface area contributed by atoms with E-state index in [9.17, 15) is 14.5 Å². The number of halogens is 1. The molecule has 8 heteroatoms. The third-order valence-electron chi connectivity index (χ3n) is 4.51. The predicted octanol–water partition coefficient (Wildman–Crippen LogP) is 4.86. The van der Waals surface area contributed by atoms with Crippen molar-refractivity contribution in [1.29, 1.82) is 0 Å². The SMILES string of the molecule is Cc1ccc(-n2cnc(-c3c(-c4ccc(F)cc4)noc3C)c2)cc1[N+](=O)[O-]. The maximum atomic E-state index is 13.2. The van der Waals surface area contributed by atoms with E-state index in [-0.39, 0.29) is 11.5 Å². The molecule has 7 nitrogen and oxygen atoms in total. The maximum absolute atomic E-state index is 13.2. The number of nitro benzene ring substituents is 1. The summed E-state index contributed by atoms with van der Waals surface area (Å²) >= 11 is 0. The summed E-state index contributed by atoms with van der Waals surface area (Å²) in [7, 11) is 0. The van der Waals surface area contributed by atoms with Crippen LogP contribution in [0.3, 0.4) is 0 Å². The van der Waals surface area contributed by atoms with Crippen molar-refractivity contribution in [3.8, 4) is 28.2 Å². The number of imidazole rings is 1. The van der Waals surface area contributed by atoms with Crippen molar-refractivity contribution in [1.82, 2.24) is 14.7 Å². The minimum absolute atomic E-state index is 0.0425. The van der Waals surface area contributed by atoms with Crippen LogP contribution in [-0.2, 0) is 0 Å². The third-order valence-corrected chi connectivity index (χ3v) is 4.51. The average Bonchev–Trinajstić information content (AvgIpc) is 3.29. The van der Waals surface area contributed by atoms with Crippen LogP contribution < -0.4 is 0 Å². The molecule has 0 amide bonds. The Balaban J connectivity index is 1.77. The molecule has 28 heavy (non-hydrogen) atoms. The minimum atomic E-state index is -0.409. The molecule has 0 aliphatic heterocycles. The number of nitrogens with zero attached hydrogens (tertiary/aromatic N) is 4. The molecule has 0 saturated heterocycles. The van der Waals surface area contributed by atoms with Gasteiger partial charge in [-0.2, -0.15) is 0 Å². The molecule has 0 aliphatic rings. The average molecular weight is 378 g/mol. The normalized spacial score (nSPS) is 11.0. The predicted molar refractivity (Wildman–Crippen MR) is 101 cm³/mol. The highest BCUT2D eigenvalue weighted by atomic mass is 19.1. The van der Waals surface area contributed by atoms with E-state index >= 15 is 0 Å². The first-order chi connectivity index (χ1) is 13.4. The second-order valence-corrected chi connectivity index (χ2v) is 6.36. The van der Waals surface area contributed by atoms with Gasteiger partial charge < -0.3 is 9.09 Å². The zero-order valence-corrected chi connectivity index (χ0v) is 15.1. The lowest BCUT2D eigenvalue weighted by Crippen LogP contribution is -1.96. The van der Waals surface area contributed by atoms with Gasteiger partial charge in [-0.15, -0.1) is 0 Å². The van der Waals surface area contributed by atoms with Gasteiger partial charge in [0.15, 0.2) is 0 Å². The maximum Gasteiger partial charge on any atom is 0.274 e. The van der Waals surface area contributed by atoms with Gasteiger partial charge in [-0.1, -0.05) is 11.2 Å². The molecule has 0 aliphatic carbocycles. The highest BCUT2D eigenvalue weighted by Gasteiger charge is 2.19. The van der Waals surface area contributed by atoms with E-state index in [0.717, 1.165) is 0 Å². The van der Waals surface area contributed by atoms with Crippen LogP contribution in [-0.4, -0.2) is 19.6 Å². The number of hydrogen-bond donors (Lipinski definition) is 0. The van der Waals surface area contributed by atoms with Crippen molar-refractivity contribution in [2.24, 2.45) is 0 Å². The van der Waals surface area contributed by atoms with Crippen LogP contribution in [0.25, 0.3) is 28.2 Å². The summed E-state index contributed by atoms with van der Waals surface area (Å²) in [5, 5.41) is 15.3. The molecule has 0 spiro atoms. The van der Waals surface area contributed by atoms with Crippen LogP contribution in [0, 0.1) is 29.8 Å². The lowest BCUT2D eigenvalue weighted by molar-refractivity contribution is -0.385. The van der Waals surface area contributed by atoms with E-state index < -0.39 is 4.92 Å². The number of hydrogen-bond acceptors (Lipinski definition) is 5. The lowest BCUT2D eigenvalue weighted by Gasteiger charge is -2.04. The fourth-order valence-electron chi connectivity index (χ4n) is 3.03. The molecular weight excluding hydrogens is 363 g/mol. The number of rotatable bonds is 4. The van der Waals surface area contributed by atoms with Crippen molar-refractivity contribution in [3.63, 3.8) is 0 Å². The molecule has 140 valence electrons. The molecule has 2 aromatic heterocycles. The Labute approximate surface area is 159 Å². The summed E-state index contributed by atoms with van der Waals surface area (Å²) in [5.41, 5.74) is 3.79. The van der Waals surface area contributed by atoms with Crippen molar-refractivity contribution in [2.45, 2.75) is 13.8 Å². The molecule has 0 unspecified atom stereocenters. The second kappa shape index (κ2) is 6.73. The standard InChI is InChI=1S/C20H15FN4O3/c1-12-3-8-16(9-18(12)25(26)27)24-10-17(22-11-24)19-13(2)28-23-20(19)14-4-6-15(21)7-5-14/h3-11H,1-2H3. The first-order valence-corrected chi connectivity index (χ1v) is 8.46. The quantitative estimate of drug-likeness (QED) is 0.374. The summed E-state index contributed by atoms with van der Waals surface area (Å²) in [5.74, 6) is 0.232. The summed E-state index contributed by atoms with van der Waals surface area (Å²) in [6.07, 6.45) is 3.32. The first-order valence-electron chi connectivity index (χ1n) is 8.46. The van der Waals surface area contributed by atoms with Gasteiger partial charge in [0, 0.05) is 23.4 Å². The highest BCUT2D eigenvalue weighted by Crippen LogP contribution is 2.34. The van der Waals surface area contributed by atoms with Gasteiger partial charge in [-0.3, -0.25) is 10.1 Å². The Bertz CT molecular complexity index is 1180. The molecule has 2 heterocycles. The van der Waals surface area contributed by atoms with Crippen molar-refractivity contribution in [3.05, 3.63) is 82.2 Å². The van der Waals surface area contributed by atoms with Gasteiger partial charge in [0.2, 0.25) is 0 Å². The van der Waals surface area contributed by atoms with Crippen LogP contribution in [0.5, 0.6) is 0 Å². The van der Waals surface area contributed by atoms with Gasteiger partial charge in [0.25, 0.3) is 5.69 Å². The van der Waals surface area contributed by atoms with Crippen LogP contribution in [0.15, 0.2) is 59.5 Å². The highest BCUT2D eigenvalue weighted by molar-refractivity contribution is 5.80. The summed E-state index contributed by atoms with van der Waals surface area (Å²) in [6, 6.07) is 10.9. The molecule has 0 radical (unpaired) electrons. The fraction of sp³-hybridized carbons (Fsp3) is 0.100. The van der Waals surface area contributed by atoms with E-state index in [4.69, 9.17) is 4.52 Å². The van der Waals surface area contributed by atoms with E-state index in [1.165, 1.54) is 18.2 Å². The van der Waals surface area contributed by atoms with Crippen molar-refractivity contribution >= 4 is 5.69 Å². The Morgan fingerprint density at radius 1 is 1.14 bits per heavy atom. The largest absolute Gasteiger partial charge is 0.360 e. The van der Waals surface area contributed by atoms with Crippen LogP contribution in [0.2, 0.25) is 0 Å². The van der Waals surface area contributed by atoms with Gasteiger partial charge in [-0.25, -0.2) is 9.37 Å². The summed E-state index contributed by atoms with van der Waals surface area (Å²) in [6.45, 7) is 3.46. The Kier molecular flexibility index (Phi) is 4.23. The van der Waals surface area contributed by atoms with E-state index in [0.29, 0.717) is 39.5 Å². The van der Waals surface area contributed by atoms with Crippen LogP contribution in [0.1, 0.15) is 11.3 Å². The minimum Gasteiger partial charge on any atom is -0.360 e. The molecular formula is C20H15FN4O3. The zero-order chi connectivity index (χ0) is 19.8. The van der Waals surface area contributed by atoms with Crippen molar-refractivity contribution < 1.29 is 13.8 Å². The van der Waals surface area contributed by atoms with Crippen molar-refractivity contribution in [2.75, 3.05) is 0 Å². The Morgan fingerprint density at radius 3 is 2.61 bits per heavy atom. The van der Waals surface area contributed by atoms with Crippen LogP contribution >= 0.6 is 0 Å². The van der Waals surface area contributed by atoms with Gasteiger partial charge in [0.05, 0.1) is 28.2 Å². The number of benzene rings is 2. The summed E-state index contributed by atoms with van der Waals surface area (Å²) in [4.78, 5) is 15.2. The number of aromatic nitrogens is 3. The van der Waals surface area contributed by atoms with Gasteiger partial charge >= 0.3 is 0 Å². The fourth-order valence-corrected chi connectivity index (χ4v) is 3.03. The number of aryl methyl sites for hydroxylation is 2. The van der Waals surface area contributed by atoms with E-state index in [2.05, 4.69) is 10.1 Å². The Morgan fingerprint density at radius 2 is 1.89 bits per heavy atom. The molecule has 4 aromatic rings. The molecule has 0 saturated carbocycles. The smallest absolute Gasteiger partial charge is 0.274 e. The monoisotopic (exact) mass is 378 g/mol. The second-order valence-electron chi connectivity index (χ2n) is 6.36. The first kappa shape index (κ1) is 17.6. The van der Waals surface area contributed by atoms with Crippen LogP contribution in [0.4, 0.5) is 10.1 Å². The Hall–Kier alpha value is -3.81.